The van der Waals surface area contributed by atoms with Crippen molar-refractivity contribution in [3.05, 3.63) is 77.1 Å². The number of ketones is 1. The zero-order valence-corrected chi connectivity index (χ0v) is 41.9. The van der Waals surface area contributed by atoms with E-state index in [1.807, 2.05) is 45.1 Å². The van der Waals surface area contributed by atoms with Crippen LogP contribution in [0.1, 0.15) is 107 Å². The topological polar surface area (TPSA) is 193 Å². The number of nitrogens with zero attached hydrogens (tertiary/aromatic N) is 5. The number of benzene rings is 1. The lowest BCUT2D eigenvalue weighted by atomic mass is 9.88. The highest BCUT2D eigenvalue weighted by molar-refractivity contribution is 7.15. The molecule has 3 aliphatic heterocycles. The van der Waals surface area contributed by atoms with Crippen LogP contribution in [-0.4, -0.2) is 109 Å². The summed E-state index contributed by atoms with van der Waals surface area (Å²) < 4.78 is 30.6. The molecule has 366 valence electrons. The number of ether oxygens (including phenoxy) is 5. The van der Waals surface area contributed by atoms with Gasteiger partial charge in [0.05, 0.1) is 34.5 Å². The lowest BCUT2D eigenvalue weighted by molar-refractivity contribution is -0.131. The van der Waals surface area contributed by atoms with Crippen LogP contribution in [0.4, 0.5) is 10.3 Å². The summed E-state index contributed by atoms with van der Waals surface area (Å²) >= 11 is 2.36. The molecule has 0 bridgehead atoms. The van der Waals surface area contributed by atoms with Gasteiger partial charge in [0.15, 0.2) is 0 Å². The molecule has 2 N–H and O–H groups in total. The monoisotopic (exact) mass is 963 g/mol. The molecule has 3 fully saturated rings. The van der Waals surface area contributed by atoms with E-state index in [-0.39, 0.29) is 60.2 Å². The highest BCUT2D eigenvalue weighted by Crippen LogP contribution is 2.38. The van der Waals surface area contributed by atoms with Gasteiger partial charge in [-0.1, -0.05) is 63.5 Å². The van der Waals surface area contributed by atoms with Crippen LogP contribution in [-0.2, 0) is 33.4 Å². The standard InChI is InChI=1S/C25H37N3O5S.C22H26N4O4S.C2H6/c1-5-20(21(13-12-18(2)31-3)9-6-8-19-14-15-33-17-19)16-22(29)10-7-11-23(30)26-25-27-24(32-4)28-34-25;1-13(16-6-7-30-12-16)18-8-15(4-5-19(18)29-3)17-9-21(28)26(10-17)11-20(27)23-22-25-24-14(2)31-22;1-2/h9,12-13,19-20H,2,5-8,10-11,14-17H2,1,3-4H3,(H,26,27,28,30);4-5,8,16-17H,1,6-7,9-12H2,2-3H3,(H,23,25,27);1-2H3/b13-12-,21-9+;;/t19-,20+;16-,17-;/m11./s1. The Morgan fingerprint density at radius 1 is 0.985 bits per heavy atom. The Labute approximate surface area is 403 Å². The number of nitrogens with one attached hydrogen (secondary N) is 2. The van der Waals surface area contributed by atoms with Gasteiger partial charge in [-0.05, 0) is 92.2 Å². The summed E-state index contributed by atoms with van der Waals surface area (Å²) in [5.74, 6) is 2.05. The van der Waals surface area contributed by atoms with E-state index >= 15 is 0 Å². The number of aromatic nitrogens is 4. The van der Waals surface area contributed by atoms with Crippen LogP contribution in [0, 0.1) is 24.7 Å². The second kappa shape index (κ2) is 28.8. The second-order valence-corrected chi connectivity index (χ2v) is 18.2. The average Bonchev–Trinajstić information content (AvgIpc) is 4.21. The summed E-state index contributed by atoms with van der Waals surface area (Å²) in [6, 6.07) is 6.23. The molecule has 0 unspecified atom stereocenters. The number of anilines is 2. The Hall–Kier alpha value is -5.30. The molecule has 1 aromatic carbocycles. The second-order valence-electron chi connectivity index (χ2n) is 16.2. The van der Waals surface area contributed by atoms with E-state index in [2.05, 4.69) is 62.4 Å². The highest BCUT2D eigenvalue weighted by Gasteiger charge is 2.33. The zero-order chi connectivity index (χ0) is 48.7. The van der Waals surface area contributed by atoms with Crippen LogP contribution in [0.25, 0.3) is 5.57 Å². The van der Waals surface area contributed by atoms with Crippen LogP contribution in [0.3, 0.4) is 0 Å². The number of methoxy groups -OCH3 is 3. The molecule has 3 aromatic rings. The van der Waals surface area contributed by atoms with Crippen molar-refractivity contribution >= 4 is 62.2 Å². The smallest absolute Gasteiger partial charge is 0.329 e. The van der Waals surface area contributed by atoms with Gasteiger partial charge in [0.25, 0.3) is 0 Å². The number of carbonyl (C=O) groups excluding carboxylic acids is 4. The third-order valence-electron chi connectivity index (χ3n) is 11.6. The minimum absolute atomic E-state index is 0.00307. The molecule has 0 radical (unpaired) electrons. The largest absolute Gasteiger partial charge is 0.497 e. The normalized spacial score (nSPS) is 18.4. The summed E-state index contributed by atoms with van der Waals surface area (Å²) in [5.41, 5.74) is 4.15. The Balaban J connectivity index is 0.000000283. The molecule has 6 rings (SSSR count). The van der Waals surface area contributed by atoms with Crippen molar-refractivity contribution in [2.45, 2.75) is 97.8 Å². The number of aryl methyl sites for hydroxylation is 1. The van der Waals surface area contributed by atoms with Gasteiger partial charge in [-0.2, -0.15) is 4.98 Å². The van der Waals surface area contributed by atoms with Crippen molar-refractivity contribution in [1.29, 1.82) is 0 Å². The van der Waals surface area contributed by atoms with Gasteiger partial charge in [-0.25, -0.2) is 0 Å². The molecule has 3 aliphatic rings. The fourth-order valence-corrected chi connectivity index (χ4v) is 9.02. The number of likely N-dealkylation sites (tertiary alicyclic amines) is 1. The number of amides is 3. The molecule has 0 saturated carbocycles. The molecule has 18 heteroatoms. The zero-order valence-electron chi connectivity index (χ0n) is 40.2. The number of rotatable bonds is 23. The average molecular weight is 964 g/mol. The minimum Gasteiger partial charge on any atom is -0.497 e. The van der Waals surface area contributed by atoms with Gasteiger partial charge < -0.3 is 33.9 Å². The number of allylic oxidation sites excluding steroid dienone is 4. The summed E-state index contributed by atoms with van der Waals surface area (Å²) in [7, 11) is 4.71. The first-order valence-electron chi connectivity index (χ1n) is 23.1. The maximum atomic E-state index is 12.7. The van der Waals surface area contributed by atoms with E-state index in [1.54, 1.807) is 19.1 Å². The Kier molecular flexibility index (Phi) is 23.3. The SMILES string of the molecule is C=C(/C=C\C(=C/CC[C@@H]1CCOC1)[C@@H](CC)CC(=O)CCCC(=O)Nc1nc(OC)ns1)OC.C=C(c1cc([C@@H]2CC(=O)N(CC(=O)Nc3nnc(C)s3)C2)ccc1OC)[C@@H]1CCOC1.CC. The van der Waals surface area contributed by atoms with Gasteiger partial charge in [0.1, 0.15) is 22.3 Å². The predicted molar refractivity (Wildman–Crippen MR) is 263 cm³/mol. The number of hydrogen-bond acceptors (Lipinski definition) is 15. The number of carbonyl (C=O) groups is 4. The van der Waals surface area contributed by atoms with Crippen LogP contribution >= 0.6 is 22.9 Å². The maximum absolute atomic E-state index is 12.7. The molecule has 3 saturated heterocycles. The van der Waals surface area contributed by atoms with E-state index in [1.165, 1.54) is 18.4 Å². The summed E-state index contributed by atoms with van der Waals surface area (Å²) in [6.45, 7) is 19.7. The highest BCUT2D eigenvalue weighted by atomic mass is 32.1. The third-order valence-corrected chi connectivity index (χ3v) is 13.0. The molecule has 0 aliphatic carbocycles. The van der Waals surface area contributed by atoms with Crippen molar-refractivity contribution in [2.24, 2.45) is 17.8 Å². The first kappa shape index (κ1) is 54.3. The van der Waals surface area contributed by atoms with Gasteiger partial charge in [-0.3, -0.25) is 24.5 Å². The molecule has 4 atom stereocenters. The fraction of sp³-hybridized carbons (Fsp3) is 0.551. The fourth-order valence-electron chi connectivity index (χ4n) is 7.86. The Morgan fingerprint density at radius 3 is 2.39 bits per heavy atom. The first-order valence-corrected chi connectivity index (χ1v) is 24.7. The van der Waals surface area contributed by atoms with Crippen molar-refractivity contribution in [3.8, 4) is 11.8 Å². The van der Waals surface area contributed by atoms with Gasteiger partial charge in [-0.15, -0.1) is 14.6 Å². The van der Waals surface area contributed by atoms with E-state index in [0.29, 0.717) is 60.8 Å². The molecule has 16 nitrogen and oxygen atoms in total. The van der Waals surface area contributed by atoms with Crippen molar-refractivity contribution in [1.82, 2.24) is 24.5 Å². The molecular formula is C49H69N7O9S2. The molecule has 2 aromatic heterocycles. The Bertz CT molecular complexity index is 2160. The quantitative estimate of drug-likeness (QED) is 0.0676. The van der Waals surface area contributed by atoms with Crippen molar-refractivity contribution in [2.75, 3.05) is 71.5 Å². The Morgan fingerprint density at radius 2 is 1.75 bits per heavy atom. The van der Waals surface area contributed by atoms with E-state index < -0.39 is 0 Å². The van der Waals surface area contributed by atoms with Gasteiger partial charge in [0, 0.05) is 81.0 Å². The molecular weight excluding hydrogens is 895 g/mol. The minimum atomic E-state index is -0.268. The summed E-state index contributed by atoms with van der Waals surface area (Å²) in [6.07, 6.45) is 13.0. The van der Waals surface area contributed by atoms with Gasteiger partial charge >= 0.3 is 6.01 Å². The first-order chi connectivity index (χ1) is 32.4. The van der Waals surface area contributed by atoms with Crippen LogP contribution in [0.5, 0.6) is 11.8 Å². The molecule has 3 amide bonds. The lowest BCUT2D eigenvalue weighted by Crippen LogP contribution is -2.34. The van der Waals surface area contributed by atoms with E-state index in [0.717, 1.165) is 96.5 Å². The van der Waals surface area contributed by atoms with Crippen LogP contribution < -0.4 is 20.1 Å². The van der Waals surface area contributed by atoms with Crippen molar-refractivity contribution in [3.63, 3.8) is 0 Å². The van der Waals surface area contributed by atoms with Gasteiger partial charge in [0.2, 0.25) is 28.0 Å². The number of Topliss-reactive ketones (excluding diaryl/α,β-unsaturated/α-hetero) is 1. The molecule has 5 heterocycles. The molecule has 67 heavy (non-hydrogen) atoms. The molecule has 0 spiro atoms. The van der Waals surface area contributed by atoms with Crippen LogP contribution in [0.15, 0.2) is 60.9 Å². The lowest BCUT2D eigenvalue weighted by Gasteiger charge is -2.19. The summed E-state index contributed by atoms with van der Waals surface area (Å²) in [5, 5.41) is 14.8. The van der Waals surface area contributed by atoms with E-state index in [4.69, 9.17) is 23.7 Å². The predicted octanol–water partition coefficient (Wildman–Crippen LogP) is 8.99. The maximum Gasteiger partial charge on any atom is 0.329 e. The third kappa shape index (κ3) is 17.7. The van der Waals surface area contributed by atoms with Crippen molar-refractivity contribution < 1.29 is 42.9 Å². The summed E-state index contributed by atoms with van der Waals surface area (Å²) in [4.78, 5) is 55.3. The van der Waals surface area contributed by atoms with Crippen LogP contribution in [0.2, 0.25) is 0 Å². The van der Waals surface area contributed by atoms with E-state index in [9.17, 15) is 19.2 Å². The number of hydrogen-bond donors (Lipinski definition) is 2.